The zero-order chi connectivity index (χ0) is 17.4. The molecule has 2 aromatic heterocycles. The van der Waals surface area contributed by atoms with Crippen LogP contribution in [0.3, 0.4) is 0 Å². The number of rotatable bonds is 3. The Morgan fingerprint density at radius 1 is 1.16 bits per heavy atom. The molecular weight excluding hydrogens is 336 g/mol. The predicted molar refractivity (Wildman–Crippen MR) is 97.8 cm³/mol. The van der Waals surface area contributed by atoms with Crippen LogP contribution in [0.15, 0.2) is 29.4 Å². The summed E-state index contributed by atoms with van der Waals surface area (Å²) in [5, 5.41) is 6.13. The molecule has 0 saturated carbocycles. The summed E-state index contributed by atoms with van der Waals surface area (Å²) in [7, 11) is 2.08. The minimum Gasteiger partial charge on any atom is -0.339 e. The zero-order valence-corrected chi connectivity index (χ0v) is 15.2. The highest BCUT2D eigenvalue weighted by atomic mass is 32.2. The van der Waals surface area contributed by atoms with E-state index in [-0.39, 0.29) is 5.91 Å². The fourth-order valence-electron chi connectivity index (χ4n) is 3.00. The SMILES string of the molecule is Cc1nc2c3ccccc3nc(SCC(=O)N3CCN(C)CC3)n2n1. The molecule has 0 atom stereocenters. The maximum Gasteiger partial charge on any atom is 0.233 e. The van der Waals surface area contributed by atoms with Gasteiger partial charge >= 0.3 is 0 Å². The van der Waals surface area contributed by atoms with E-state index >= 15 is 0 Å². The van der Waals surface area contributed by atoms with E-state index in [0.29, 0.717) is 16.7 Å². The second kappa shape index (κ2) is 6.61. The van der Waals surface area contributed by atoms with Crippen molar-refractivity contribution in [2.75, 3.05) is 39.0 Å². The quantitative estimate of drug-likeness (QED) is 0.523. The average molecular weight is 356 g/mol. The topological polar surface area (TPSA) is 66.6 Å². The predicted octanol–water partition coefficient (Wildman–Crippen LogP) is 1.45. The number of amides is 1. The number of carbonyl (C=O) groups is 1. The molecule has 4 rings (SSSR count). The van der Waals surface area contributed by atoms with Crippen molar-refractivity contribution in [3.05, 3.63) is 30.1 Å². The van der Waals surface area contributed by atoms with Crippen LogP contribution in [-0.2, 0) is 4.79 Å². The van der Waals surface area contributed by atoms with Crippen LogP contribution in [0.1, 0.15) is 5.82 Å². The van der Waals surface area contributed by atoms with Crippen molar-refractivity contribution in [1.29, 1.82) is 0 Å². The lowest BCUT2D eigenvalue weighted by molar-refractivity contribution is -0.129. The second-order valence-electron chi connectivity index (χ2n) is 6.28. The van der Waals surface area contributed by atoms with Crippen molar-refractivity contribution < 1.29 is 4.79 Å². The van der Waals surface area contributed by atoms with Crippen LogP contribution in [0.2, 0.25) is 0 Å². The van der Waals surface area contributed by atoms with E-state index in [2.05, 4.69) is 22.0 Å². The van der Waals surface area contributed by atoms with E-state index in [1.54, 1.807) is 4.52 Å². The van der Waals surface area contributed by atoms with Crippen molar-refractivity contribution in [2.24, 2.45) is 0 Å². The van der Waals surface area contributed by atoms with E-state index in [1.165, 1.54) is 11.8 Å². The van der Waals surface area contributed by atoms with Crippen LogP contribution < -0.4 is 0 Å². The van der Waals surface area contributed by atoms with Crippen LogP contribution in [0, 0.1) is 6.92 Å². The van der Waals surface area contributed by atoms with Gasteiger partial charge in [0, 0.05) is 31.6 Å². The van der Waals surface area contributed by atoms with Gasteiger partial charge in [-0.05, 0) is 26.1 Å². The molecule has 1 saturated heterocycles. The number of hydrogen-bond acceptors (Lipinski definition) is 6. The Morgan fingerprint density at radius 2 is 1.92 bits per heavy atom. The Bertz CT molecular complexity index is 931. The summed E-state index contributed by atoms with van der Waals surface area (Å²) in [6, 6.07) is 7.89. The number of carbonyl (C=O) groups excluding carboxylic acids is 1. The minimum absolute atomic E-state index is 0.151. The van der Waals surface area contributed by atoms with Crippen LogP contribution in [0.4, 0.5) is 0 Å². The van der Waals surface area contributed by atoms with Crippen LogP contribution in [0.25, 0.3) is 16.6 Å². The number of piperazine rings is 1. The molecule has 130 valence electrons. The molecule has 0 N–H and O–H groups in total. The van der Waals surface area contributed by atoms with Gasteiger partial charge in [-0.15, -0.1) is 5.10 Å². The lowest BCUT2D eigenvalue weighted by Gasteiger charge is -2.32. The Hall–Kier alpha value is -2.19. The first-order valence-corrected chi connectivity index (χ1v) is 9.31. The standard InChI is InChI=1S/C17H20N6OS/c1-12-18-16-13-5-3-4-6-14(13)19-17(23(16)20-12)25-11-15(24)22-9-7-21(2)8-10-22/h3-6H,7-11H2,1-2H3. The monoisotopic (exact) mass is 356 g/mol. The summed E-state index contributed by atoms with van der Waals surface area (Å²) in [4.78, 5) is 25.9. The summed E-state index contributed by atoms with van der Waals surface area (Å²) >= 11 is 1.43. The van der Waals surface area contributed by atoms with Gasteiger partial charge in [0.15, 0.2) is 10.8 Å². The number of benzene rings is 1. The first-order valence-electron chi connectivity index (χ1n) is 8.33. The van der Waals surface area contributed by atoms with Gasteiger partial charge < -0.3 is 9.80 Å². The summed E-state index contributed by atoms with van der Waals surface area (Å²) in [5.41, 5.74) is 1.66. The number of aryl methyl sites for hydroxylation is 1. The van der Waals surface area contributed by atoms with Crippen molar-refractivity contribution >= 4 is 34.2 Å². The van der Waals surface area contributed by atoms with Crippen LogP contribution in [-0.4, -0.2) is 74.3 Å². The van der Waals surface area contributed by atoms with E-state index in [0.717, 1.165) is 42.7 Å². The summed E-state index contributed by atoms with van der Waals surface area (Å²) in [5.74, 6) is 1.21. The maximum atomic E-state index is 12.5. The minimum atomic E-state index is 0.151. The maximum absolute atomic E-state index is 12.5. The van der Waals surface area contributed by atoms with Gasteiger partial charge in [-0.25, -0.2) is 9.97 Å². The molecular formula is C17H20N6OS. The number of fused-ring (bicyclic) bond motifs is 3. The zero-order valence-electron chi connectivity index (χ0n) is 14.3. The number of nitrogens with zero attached hydrogens (tertiary/aromatic N) is 6. The molecule has 8 heteroatoms. The second-order valence-corrected chi connectivity index (χ2v) is 7.22. The normalized spacial score (nSPS) is 16.0. The molecule has 7 nitrogen and oxygen atoms in total. The largest absolute Gasteiger partial charge is 0.339 e. The Morgan fingerprint density at radius 3 is 2.72 bits per heavy atom. The molecule has 1 aliphatic rings. The van der Waals surface area contributed by atoms with E-state index < -0.39 is 0 Å². The summed E-state index contributed by atoms with van der Waals surface area (Å²) in [6.07, 6.45) is 0. The number of hydrogen-bond donors (Lipinski definition) is 0. The third-order valence-corrected chi connectivity index (χ3v) is 5.35. The molecule has 0 radical (unpaired) electrons. The fourth-order valence-corrected chi connectivity index (χ4v) is 3.85. The molecule has 3 aromatic rings. The van der Waals surface area contributed by atoms with Gasteiger partial charge in [-0.1, -0.05) is 23.9 Å². The first-order chi connectivity index (χ1) is 12.1. The lowest BCUT2D eigenvalue weighted by Crippen LogP contribution is -2.47. The molecule has 1 aliphatic heterocycles. The lowest BCUT2D eigenvalue weighted by atomic mass is 10.2. The molecule has 0 unspecified atom stereocenters. The van der Waals surface area contributed by atoms with Crippen molar-refractivity contribution in [2.45, 2.75) is 12.1 Å². The van der Waals surface area contributed by atoms with Gasteiger partial charge in [0.25, 0.3) is 0 Å². The van der Waals surface area contributed by atoms with E-state index in [1.807, 2.05) is 36.1 Å². The number of likely N-dealkylation sites (N-methyl/N-ethyl adjacent to an activating group) is 1. The summed E-state index contributed by atoms with van der Waals surface area (Å²) < 4.78 is 1.75. The van der Waals surface area contributed by atoms with E-state index in [9.17, 15) is 4.79 Å². The molecule has 0 spiro atoms. The van der Waals surface area contributed by atoms with Crippen LogP contribution in [0.5, 0.6) is 0 Å². The molecule has 0 bridgehead atoms. The smallest absolute Gasteiger partial charge is 0.233 e. The highest BCUT2D eigenvalue weighted by molar-refractivity contribution is 7.99. The molecule has 25 heavy (non-hydrogen) atoms. The fraction of sp³-hybridized carbons (Fsp3) is 0.412. The molecule has 0 aliphatic carbocycles. The van der Waals surface area contributed by atoms with Gasteiger partial charge in [0.2, 0.25) is 5.91 Å². The number of aromatic nitrogens is 4. The molecule has 1 amide bonds. The van der Waals surface area contributed by atoms with Crippen LogP contribution >= 0.6 is 11.8 Å². The van der Waals surface area contributed by atoms with Gasteiger partial charge in [-0.2, -0.15) is 4.52 Å². The Balaban J connectivity index is 1.59. The van der Waals surface area contributed by atoms with Crippen molar-refractivity contribution in [3.8, 4) is 0 Å². The number of para-hydroxylation sites is 1. The molecule has 3 heterocycles. The third-order valence-electron chi connectivity index (χ3n) is 4.44. The third kappa shape index (κ3) is 3.19. The highest BCUT2D eigenvalue weighted by Crippen LogP contribution is 2.24. The highest BCUT2D eigenvalue weighted by Gasteiger charge is 2.20. The van der Waals surface area contributed by atoms with Gasteiger partial charge in [0.1, 0.15) is 5.82 Å². The molecule has 1 aromatic carbocycles. The van der Waals surface area contributed by atoms with Crippen molar-refractivity contribution in [1.82, 2.24) is 29.4 Å². The Labute approximate surface area is 150 Å². The first kappa shape index (κ1) is 16.3. The van der Waals surface area contributed by atoms with E-state index in [4.69, 9.17) is 4.98 Å². The van der Waals surface area contributed by atoms with Crippen molar-refractivity contribution in [3.63, 3.8) is 0 Å². The van der Waals surface area contributed by atoms with Gasteiger partial charge in [-0.3, -0.25) is 4.79 Å². The number of thioether (sulfide) groups is 1. The Kier molecular flexibility index (Phi) is 4.30. The summed E-state index contributed by atoms with van der Waals surface area (Å²) in [6.45, 7) is 5.30. The van der Waals surface area contributed by atoms with Gasteiger partial charge in [0.05, 0.1) is 11.3 Å². The average Bonchev–Trinajstić information content (AvgIpc) is 3.02. The molecule has 1 fully saturated rings.